The average Bonchev–Trinajstić information content (AvgIpc) is 2.98. The Morgan fingerprint density at radius 2 is 2.00 bits per heavy atom. The highest BCUT2D eigenvalue weighted by atomic mass is 16.5. The molecule has 23 heavy (non-hydrogen) atoms. The summed E-state index contributed by atoms with van der Waals surface area (Å²) in [4.78, 5) is 2.50. The SMILES string of the molecule is CCCN1CCC2=NNC(c3cc(OC)c(O)c(OC)c3)C2C1. The normalized spacial score (nSPS) is 23.9. The number of phenols is 1. The second kappa shape index (κ2) is 6.66. The van der Waals surface area contributed by atoms with Crippen molar-refractivity contribution in [1.29, 1.82) is 0 Å². The number of fused-ring (bicyclic) bond motifs is 1. The van der Waals surface area contributed by atoms with Crippen LogP contribution in [0.2, 0.25) is 0 Å². The molecule has 0 saturated carbocycles. The Morgan fingerprint density at radius 1 is 1.30 bits per heavy atom. The van der Waals surface area contributed by atoms with Crippen molar-refractivity contribution in [3.8, 4) is 17.2 Å². The molecule has 0 aliphatic carbocycles. The fourth-order valence-electron chi connectivity index (χ4n) is 3.53. The van der Waals surface area contributed by atoms with Crippen molar-refractivity contribution in [2.24, 2.45) is 11.0 Å². The molecular formula is C17H25N3O3. The minimum atomic E-state index is 0.0362. The highest BCUT2D eigenvalue weighted by molar-refractivity contribution is 5.90. The number of ether oxygens (including phenoxy) is 2. The number of hydrogen-bond acceptors (Lipinski definition) is 6. The summed E-state index contributed by atoms with van der Waals surface area (Å²) in [6.45, 7) is 5.43. The van der Waals surface area contributed by atoms with Gasteiger partial charge >= 0.3 is 0 Å². The predicted molar refractivity (Wildman–Crippen MR) is 89.4 cm³/mol. The van der Waals surface area contributed by atoms with Crippen LogP contribution >= 0.6 is 0 Å². The van der Waals surface area contributed by atoms with Crippen LogP contribution in [0.3, 0.4) is 0 Å². The first-order chi connectivity index (χ1) is 11.2. The largest absolute Gasteiger partial charge is 0.502 e. The van der Waals surface area contributed by atoms with Crippen molar-refractivity contribution in [3.05, 3.63) is 17.7 Å². The maximum Gasteiger partial charge on any atom is 0.200 e. The number of hydrogen-bond donors (Lipinski definition) is 2. The molecule has 2 atom stereocenters. The molecule has 2 N–H and O–H groups in total. The van der Waals surface area contributed by atoms with Crippen LogP contribution in [0.4, 0.5) is 0 Å². The maximum atomic E-state index is 10.1. The highest BCUT2D eigenvalue weighted by Crippen LogP contribution is 2.41. The van der Waals surface area contributed by atoms with Gasteiger partial charge in [-0.1, -0.05) is 6.92 Å². The maximum absolute atomic E-state index is 10.1. The van der Waals surface area contributed by atoms with Gasteiger partial charge in [-0.15, -0.1) is 0 Å². The van der Waals surface area contributed by atoms with Gasteiger partial charge in [-0.3, -0.25) is 0 Å². The zero-order valence-corrected chi connectivity index (χ0v) is 14.0. The molecule has 1 fully saturated rings. The number of phenolic OH excluding ortho intramolecular Hbond substituents is 1. The lowest BCUT2D eigenvalue weighted by molar-refractivity contribution is 0.228. The van der Waals surface area contributed by atoms with Gasteiger partial charge in [0.05, 0.1) is 20.3 Å². The molecule has 2 unspecified atom stereocenters. The number of hydrazone groups is 1. The molecule has 126 valence electrons. The first kappa shape index (κ1) is 15.9. The lowest BCUT2D eigenvalue weighted by Gasteiger charge is -2.33. The van der Waals surface area contributed by atoms with Crippen LogP contribution in [0.1, 0.15) is 31.4 Å². The third kappa shape index (κ3) is 2.95. The van der Waals surface area contributed by atoms with E-state index in [-0.39, 0.29) is 11.8 Å². The van der Waals surface area contributed by atoms with Gasteiger partial charge in [-0.25, -0.2) is 0 Å². The van der Waals surface area contributed by atoms with Crippen molar-refractivity contribution >= 4 is 5.71 Å². The minimum Gasteiger partial charge on any atom is -0.502 e. The molecule has 1 aromatic carbocycles. The Morgan fingerprint density at radius 3 is 2.61 bits per heavy atom. The summed E-state index contributed by atoms with van der Waals surface area (Å²) in [5.74, 6) is 1.25. The highest BCUT2D eigenvalue weighted by Gasteiger charge is 2.37. The fraction of sp³-hybridized carbons (Fsp3) is 0.588. The van der Waals surface area contributed by atoms with Gasteiger partial charge in [0.15, 0.2) is 11.5 Å². The first-order valence-corrected chi connectivity index (χ1v) is 8.17. The molecule has 1 saturated heterocycles. The molecule has 6 heteroatoms. The van der Waals surface area contributed by atoms with Gasteiger partial charge < -0.3 is 24.9 Å². The Balaban J connectivity index is 1.87. The van der Waals surface area contributed by atoms with Crippen molar-refractivity contribution in [2.75, 3.05) is 33.9 Å². The van der Waals surface area contributed by atoms with Crippen molar-refractivity contribution in [1.82, 2.24) is 10.3 Å². The number of nitrogens with one attached hydrogen (secondary N) is 1. The van der Waals surface area contributed by atoms with Gasteiger partial charge in [0.25, 0.3) is 0 Å². The lowest BCUT2D eigenvalue weighted by Crippen LogP contribution is -2.42. The molecule has 0 radical (unpaired) electrons. The van der Waals surface area contributed by atoms with Gasteiger partial charge in [0.2, 0.25) is 5.75 Å². The molecular weight excluding hydrogens is 294 g/mol. The van der Waals surface area contributed by atoms with Crippen LogP contribution < -0.4 is 14.9 Å². The van der Waals surface area contributed by atoms with E-state index in [9.17, 15) is 5.11 Å². The van der Waals surface area contributed by atoms with E-state index in [4.69, 9.17) is 9.47 Å². The predicted octanol–water partition coefficient (Wildman–Crippen LogP) is 2.14. The van der Waals surface area contributed by atoms with Gasteiger partial charge in [-0.05, 0) is 30.7 Å². The Labute approximate surface area is 137 Å². The van der Waals surface area contributed by atoms with Gasteiger partial charge in [0.1, 0.15) is 0 Å². The summed E-state index contributed by atoms with van der Waals surface area (Å²) in [6.07, 6.45) is 2.18. The lowest BCUT2D eigenvalue weighted by atomic mass is 9.86. The number of methoxy groups -OCH3 is 2. The summed E-state index contributed by atoms with van der Waals surface area (Å²) >= 11 is 0. The first-order valence-electron chi connectivity index (χ1n) is 8.17. The third-order valence-corrected chi connectivity index (χ3v) is 4.72. The van der Waals surface area contributed by atoms with Gasteiger partial charge in [-0.2, -0.15) is 5.10 Å². The fourth-order valence-corrected chi connectivity index (χ4v) is 3.53. The number of benzene rings is 1. The molecule has 2 aliphatic rings. The Kier molecular flexibility index (Phi) is 4.61. The number of nitrogens with zero attached hydrogens (tertiary/aromatic N) is 2. The molecule has 2 heterocycles. The monoisotopic (exact) mass is 319 g/mol. The Hall–Kier alpha value is -1.95. The number of piperidine rings is 1. The molecule has 0 aromatic heterocycles. The second-order valence-corrected chi connectivity index (χ2v) is 6.14. The van der Waals surface area contributed by atoms with Crippen LogP contribution in [-0.4, -0.2) is 49.6 Å². The summed E-state index contributed by atoms with van der Waals surface area (Å²) in [7, 11) is 3.09. The van der Waals surface area contributed by atoms with E-state index < -0.39 is 0 Å². The molecule has 0 bridgehead atoms. The van der Waals surface area contributed by atoms with Crippen LogP contribution in [-0.2, 0) is 0 Å². The van der Waals surface area contributed by atoms with Crippen molar-refractivity contribution in [3.63, 3.8) is 0 Å². The molecule has 1 aromatic rings. The Bertz CT molecular complexity index is 578. The standard InChI is InChI=1S/C17H25N3O3/c1-4-6-20-7-5-13-12(10-20)16(19-18-13)11-8-14(22-2)17(21)15(9-11)23-3/h8-9,12,16,19,21H,4-7,10H2,1-3H3. The van der Waals surface area contributed by atoms with Crippen molar-refractivity contribution < 1.29 is 14.6 Å². The molecule has 0 spiro atoms. The molecule has 2 aliphatic heterocycles. The number of rotatable bonds is 5. The zero-order valence-electron chi connectivity index (χ0n) is 14.0. The smallest absolute Gasteiger partial charge is 0.200 e. The van der Waals surface area contributed by atoms with Crippen LogP contribution in [0.25, 0.3) is 0 Å². The number of aromatic hydroxyl groups is 1. The second-order valence-electron chi connectivity index (χ2n) is 6.14. The molecule has 6 nitrogen and oxygen atoms in total. The summed E-state index contributed by atoms with van der Waals surface area (Å²) < 4.78 is 10.6. The topological polar surface area (TPSA) is 66.3 Å². The van der Waals surface area contributed by atoms with E-state index in [2.05, 4.69) is 22.4 Å². The van der Waals surface area contributed by atoms with Crippen molar-refractivity contribution in [2.45, 2.75) is 25.8 Å². The number of likely N-dealkylation sites (tertiary alicyclic amines) is 1. The van der Waals surface area contributed by atoms with Gasteiger partial charge in [0, 0.05) is 31.1 Å². The molecule has 0 amide bonds. The zero-order chi connectivity index (χ0) is 16.4. The molecule has 3 rings (SSSR count). The van der Waals surface area contributed by atoms with E-state index in [0.717, 1.165) is 38.0 Å². The van der Waals surface area contributed by atoms with E-state index >= 15 is 0 Å². The van der Waals surface area contributed by atoms with E-state index in [1.807, 2.05) is 12.1 Å². The van der Waals surface area contributed by atoms with Crippen LogP contribution in [0.5, 0.6) is 17.2 Å². The average molecular weight is 319 g/mol. The van der Waals surface area contributed by atoms with Crippen LogP contribution in [0, 0.1) is 5.92 Å². The van der Waals surface area contributed by atoms with E-state index in [1.165, 1.54) is 5.71 Å². The summed E-state index contributed by atoms with van der Waals surface area (Å²) in [5, 5.41) is 14.6. The summed E-state index contributed by atoms with van der Waals surface area (Å²) in [5.41, 5.74) is 5.54. The minimum absolute atomic E-state index is 0.0362. The summed E-state index contributed by atoms with van der Waals surface area (Å²) in [6, 6.07) is 3.83. The van der Waals surface area contributed by atoms with E-state index in [0.29, 0.717) is 17.4 Å². The van der Waals surface area contributed by atoms with E-state index in [1.54, 1.807) is 14.2 Å². The quantitative estimate of drug-likeness (QED) is 0.870. The van der Waals surface area contributed by atoms with Crippen LogP contribution in [0.15, 0.2) is 17.2 Å². The third-order valence-electron chi connectivity index (χ3n) is 4.72.